The van der Waals surface area contributed by atoms with E-state index in [1.165, 1.54) is 0 Å². The third kappa shape index (κ3) is 3.17. The minimum Gasteiger partial charge on any atom is -0.384 e. The van der Waals surface area contributed by atoms with Crippen molar-refractivity contribution in [2.24, 2.45) is 0 Å². The molecule has 0 atom stereocenters. The lowest BCUT2D eigenvalue weighted by Crippen LogP contribution is -2.22. The van der Waals surface area contributed by atoms with E-state index in [1.807, 2.05) is 42.6 Å². The van der Waals surface area contributed by atoms with Crippen molar-refractivity contribution in [1.29, 1.82) is 0 Å². The average molecular weight is 359 g/mol. The molecule has 2 aromatic heterocycles. The number of aromatic nitrogens is 2. The van der Waals surface area contributed by atoms with Gasteiger partial charge in [-0.3, -0.25) is 4.79 Å². The van der Waals surface area contributed by atoms with Gasteiger partial charge >= 0.3 is 0 Å². The molecule has 2 heterocycles. The monoisotopic (exact) mass is 359 g/mol. The number of nitrogen functional groups attached to an aromatic ring is 2. The third-order valence-corrected chi connectivity index (χ3v) is 4.77. The number of benzene rings is 2. The van der Waals surface area contributed by atoms with E-state index < -0.39 is 0 Å². The Hall–Kier alpha value is -3.54. The van der Waals surface area contributed by atoms with Crippen LogP contribution in [-0.4, -0.2) is 15.5 Å². The molecule has 2 aromatic carbocycles. The van der Waals surface area contributed by atoms with E-state index in [9.17, 15) is 4.79 Å². The van der Waals surface area contributed by atoms with E-state index in [0.29, 0.717) is 23.7 Å². The molecule has 0 saturated carbocycles. The van der Waals surface area contributed by atoms with Crippen molar-refractivity contribution in [1.82, 2.24) is 14.9 Å². The molecular formula is C21H21N5O. The van der Waals surface area contributed by atoms with Crippen LogP contribution in [0.1, 0.15) is 22.8 Å². The normalized spacial score (nSPS) is 11.1. The van der Waals surface area contributed by atoms with Gasteiger partial charge in [0, 0.05) is 35.8 Å². The standard InChI is InChI=1S/C21H21N5O/c1-2-26-8-7-14-4-5-15(10-18(14)26)21(27)24-12-13-3-6-17-16(9-13)11-19(22)25-20(17)23/h3-11H,2,12H2,1H3,(H,24,27)(H4,22,23,25). The molecule has 0 aliphatic heterocycles. The summed E-state index contributed by atoms with van der Waals surface area (Å²) >= 11 is 0. The number of carbonyl (C=O) groups excluding carboxylic acids is 1. The molecule has 0 fully saturated rings. The maximum Gasteiger partial charge on any atom is 0.251 e. The van der Waals surface area contributed by atoms with Crippen LogP contribution in [0.4, 0.5) is 11.6 Å². The number of nitrogens with zero attached hydrogens (tertiary/aromatic N) is 2. The Balaban J connectivity index is 1.54. The van der Waals surface area contributed by atoms with Crippen LogP contribution in [0.15, 0.2) is 54.7 Å². The summed E-state index contributed by atoms with van der Waals surface area (Å²) in [5.41, 5.74) is 14.4. The molecule has 1 amide bonds. The summed E-state index contributed by atoms with van der Waals surface area (Å²) in [6.45, 7) is 3.37. The molecule has 5 N–H and O–H groups in total. The zero-order valence-electron chi connectivity index (χ0n) is 15.1. The molecule has 0 aliphatic carbocycles. The van der Waals surface area contributed by atoms with Gasteiger partial charge in [-0.15, -0.1) is 0 Å². The summed E-state index contributed by atoms with van der Waals surface area (Å²) in [6.07, 6.45) is 2.04. The van der Waals surface area contributed by atoms with Crippen molar-refractivity contribution < 1.29 is 4.79 Å². The second-order valence-electron chi connectivity index (χ2n) is 6.55. The van der Waals surface area contributed by atoms with Crippen LogP contribution in [0.3, 0.4) is 0 Å². The van der Waals surface area contributed by atoms with E-state index in [1.54, 1.807) is 6.07 Å². The first-order valence-corrected chi connectivity index (χ1v) is 8.87. The molecule has 27 heavy (non-hydrogen) atoms. The number of aryl methyl sites for hydroxylation is 1. The number of fused-ring (bicyclic) bond motifs is 2. The molecule has 0 saturated heterocycles. The molecule has 0 spiro atoms. The largest absolute Gasteiger partial charge is 0.384 e. The lowest BCUT2D eigenvalue weighted by Gasteiger charge is -2.09. The van der Waals surface area contributed by atoms with E-state index in [4.69, 9.17) is 11.5 Å². The molecule has 0 unspecified atom stereocenters. The maximum atomic E-state index is 12.6. The first kappa shape index (κ1) is 16.9. The van der Waals surface area contributed by atoms with Gasteiger partial charge in [0.05, 0.1) is 0 Å². The Morgan fingerprint density at radius 2 is 1.93 bits per heavy atom. The van der Waals surface area contributed by atoms with Gasteiger partial charge in [0.25, 0.3) is 5.91 Å². The fourth-order valence-electron chi connectivity index (χ4n) is 3.35. The predicted molar refractivity (Wildman–Crippen MR) is 109 cm³/mol. The van der Waals surface area contributed by atoms with E-state index in [0.717, 1.165) is 33.8 Å². The zero-order valence-corrected chi connectivity index (χ0v) is 15.1. The highest BCUT2D eigenvalue weighted by atomic mass is 16.1. The summed E-state index contributed by atoms with van der Waals surface area (Å²) in [5.74, 6) is 0.691. The van der Waals surface area contributed by atoms with Crippen molar-refractivity contribution in [3.8, 4) is 0 Å². The van der Waals surface area contributed by atoms with Crippen LogP contribution in [0.2, 0.25) is 0 Å². The SMILES string of the molecule is CCn1ccc2ccc(C(=O)NCc3ccc4c(N)nc(N)cc4c3)cc21. The highest BCUT2D eigenvalue weighted by Gasteiger charge is 2.09. The van der Waals surface area contributed by atoms with Gasteiger partial charge < -0.3 is 21.4 Å². The quantitative estimate of drug-likeness (QED) is 0.520. The van der Waals surface area contributed by atoms with Gasteiger partial charge in [-0.1, -0.05) is 18.2 Å². The molecule has 0 bridgehead atoms. The van der Waals surface area contributed by atoms with Gasteiger partial charge in [-0.2, -0.15) is 0 Å². The Labute approximate surface area is 156 Å². The molecule has 0 radical (unpaired) electrons. The van der Waals surface area contributed by atoms with Crippen molar-refractivity contribution >= 4 is 39.2 Å². The third-order valence-electron chi connectivity index (χ3n) is 4.77. The van der Waals surface area contributed by atoms with Crippen LogP contribution >= 0.6 is 0 Å². The van der Waals surface area contributed by atoms with E-state index in [2.05, 4.69) is 27.9 Å². The lowest BCUT2D eigenvalue weighted by atomic mass is 10.1. The van der Waals surface area contributed by atoms with Gasteiger partial charge in [0.1, 0.15) is 11.6 Å². The van der Waals surface area contributed by atoms with Gasteiger partial charge in [0.15, 0.2) is 0 Å². The van der Waals surface area contributed by atoms with Crippen molar-refractivity contribution in [2.45, 2.75) is 20.0 Å². The number of hydrogen-bond acceptors (Lipinski definition) is 4. The van der Waals surface area contributed by atoms with Gasteiger partial charge in [-0.05, 0) is 53.6 Å². The van der Waals surface area contributed by atoms with Crippen molar-refractivity contribution in [3.63, 3.8) is 0 Å². The summed E-state index contributed by atoms with van der Waals surface area (Å²) in [4.78, 5) is 16.6. The molecule has 0 aliphatic rings. The Morgan fingerprint density at radius 3 is 2.74 bits per heavy atom. The minimum absolute atomic E-state index is 0.102. The van der Waals surface area contributed by atoms with Crippen LogP contribution < -0.4 is 16.8 Å². The lowest BCUT2D eigenvalue weighted by molar-refractivity contribution is 0.0951. The van der Waals surface area contributed by atoms with Gasteiger partial charge in [-0.25, -0.2) is 4.98 Å². The number of anilines is 2. The number of rotatable bonds is 4. The summed E-state index contributed by atoms with van der Waals surface area (Å²) in [6, 6.07) is 15.4. The number of hydrogen-bond donors (Lipinski definition) is 3. The molecule has 4 aromatic rings. The second kappa shape index (κ2) is 6.64. The number of amides is 1. The molecular weight excluding hydrogens is 338 g/mol. The predicted octanol–water partition coefficient (Wildman–Crippen LogP) is 3.30. The van der Waals surface area contributed by atoms with Crippen LogP contribution in [0, 0.1) is 0 Å². The Kier molecular flexibility index (Phi) is 4.16. The molecule has 6 nitrogen and oxygen atoms in total. The zero-order chi connectivity index (χ0) is 19.0. The number of carbonyl (C=O) groups is 1. The first-order chi connectivity index (χ1) is 13.0. The average Bonchev–Trinajstić information content (AvgIpc) is 3.07. The fraction of sp³-hybridized carbons (Fsp3) is 0.143. The molecule has 4 rings (SSSR count). The maximum absolute atomic E-state index is 12.6. The second-order valence-corrected chi connectivity index (χ2v) is 6.55. The van der Waals surface area contributed by atoms with Crippen molar-refractivity contribution in [3.05, 3.63) is 65.9 Å². The summed E-state index contributed by atoms with van der Waals surface area (Å²) in [5, 5.41) is 5.87. The van der Waals surface area contributed by atoms with Crippen LogP contribution in [-0.2, 0) is 13.1 Å². The van der Waals surface area contributed by atoms with Crippen molar-refractivity contribution in [2.75, 3.05) is 11.5 Å². The topological polar surface area (TPSA) is 99.0 Å². The molecule has 6 heteroatoms. The highest BCUT2D eigenvalue weighted by Crippen LogP contribution is 2.23. The van der Waals surface area contributed by atoms with E-state index >= 15 is 0 Å². The minimum atomic E-state index is -0.102. The summed E-state index contributed by atoms with van der Waals surface area (Å²) < 4.78 is 2.12. The molecule has 136 valence electrons. The van der Waals surface area contributed by atoms with Crippen LogP contribution in [0.5, 0.6) is 0 Å². The van der Waals surface area contributed by atoms with Crippen LogP contribution in [0.25, 0.3) is 21.7 Å². The number of nitrogens with two attached hydrogens (primary N) is 2. The van der Waals surface area contributed by atoms with Gasteiger partial charge in [0.2, 0.25) is 0 Å². The number of pyridine rings is 1. The summed E-state index contributed by atoms with van der Waals surface area (Å²) in [7, 11) is 0. The Morgan fingerprint density at radius 1 is 1.07 bits per heavy atom. The highest BCUT2D eigenvalue weighted by molar-refractivity contribution is 5.98. The number of nitrogens with one attached hydrogen (secondary N) is 1. The van der Waals surface area contributed by atoms with E-state index in [-0.39, 0.29) is 5.91 Å². The fourth-order valence-corrected chi connectivity index (χ4v) is 3.35. The first-order valence-electron chi connectivity index (χ1n) is 8.87. The Bertz CT molecular complexity index is 1160. The smallest absolute Gasteiger partial charge is 0.251 e.